The highest BCUT2D eigenvalue weighted by Gasteiger charge is 2.29. The standard InChI is InChI=1S/C24H39N7O6/c1-13(2)11-19(31-20(33)17(25)12-15-6-8-16(32)9-7-15)22(35)30-18(5-4-10-28-24(26)27)21(34)29-14(3)23(36)37/h6-9,13-14,17-19,32H,4-5,10-12,25H2,1-3H3,(H,29,34)(H,30,35)(H,31,33)(H,36,37)(H4,26,27,28). The summed E-state index contributed by atoms with van der Waals surface area (Å²) >= 11 is 0. The van der Waals surface area contributed by atoms with Gasteiger partial charge < -0.3 is 43.4 Å². The molecule has 0 aliphatic heterocycles. The van der Waals surface area contributed by atoms with Gasteiger partial charge >= 0.3 is 5.97 Å². The molecule has 37 heavy (non-hydrogen) atoms. The van der Waals surface area contributed by atoms with Crippen LogP contribution >= 0.6 is 0 Å². The molecule has 1 aromatic rings. The van der Waals surface area contributed by atoms with E-state index in [0.717, 1.165) is 5.56 Å². The second-order valence-corrected chi connectivity index (χ2v) is 9.25. The van der Waals surface area contributed by atoms with Gasteiger partial charge in [0.15, 0.2) is 5.96 Å². The number of carbonyl (C=O) groups is 4. The molecule has 0 aliphatic rings. The first-order chi connectivity index (χ1) is 17.3. The maximum absolute atomic E-state index is 13.1. The average molecular weight is 522 g/mol. The van der Waals surface area contributed by atoms with Crippen LogP contribution in [0.4, 0.5) is 0 Å². The molecule has 0 spiro atoms. The summed E-state index contributed by atoms with van der Waals surface area (Å²) in [5.74, 6) is -3.09. The second kappa shape index (κ2) is 15.3. The number of carboxylic acid groups (broad SMARTS) is 1. The Kier molecular flexibility index (Phi) is 12.9. The molecule has 3 amide bonds. The highest BCUT2D eigenvalue weighted by atomic mass is 16.4. The van der Waals surface area contributed by atoms with E-state index in [1.54, 1.807) is 12.1 Å². The molecule has 13 heteroatoms. The highest BCUT2D eigenvalue weighted by Crippen LogP contribution is 2.12. The molecule has 0 saturated carbocycles. The molecule has 0 heterocycles. The lowest BCUT2D eigenvalue weighted by Gasteiger charge is -2.25. The molecule has 13 nitrogen and oxygen atoms in total. The van der Waals surface area contributed by atoms with Crippen molar-refractivity contribution >= 4 is 29.7 Å². The van der Waals surface area contributed by atoms with Crippen LogP contribution in [0.5, 0.6) is 5.75 Å². The van der Waals surface area contributed by atoms with Crippen LogP contribution in [0.3, 0.4) is 0 Å². The molecule has 0 radical (unpaired) electrons. The van der Waals surface area contributed by atoms with Crippen LogP contribution in [0, 0.1) is 5.92 Å². The first-order valence-corrected chi connectivity index (χ1v) is 12.0. The van der Waals surface area contributed by atoms with Gasteiger partial charge in [-0.1, -0.05) is 26.0 Å². The Bertz CT molecular complexity index is 947. The molecule has 0 fully saturated rings. The Morgan fingerprint density at radius 1 is 0.919 bits per heavy atom. The Morgan fingerprint density at radius 3 is 2.03 bits per heavy atom. The van der Waals surface area contributed by atoms with Crippen molar-refractivity contribution in [2.24, 2.45) is 28.1 Å². The molecular formula is C24H39N7O6. The van der Waals surface area contributed by atoms with Gasteiger partial charge in [0.2, 0.25) is 17.7 Å². The number of nitrogens with one attached hydrogen (secondary N) is 3. The van der Waals surface area contributed by atoms with Gasteiger partial charge in [0.1, 0.15) is 23.9 Å². The molecule has 1 aromatic carbocycles. The first-order valence-electron chi connectivity index (χ1n) is 12.0. The van der Waals surface area contributed by atoms with Gasteiger partial charge in [0, 0.05) is 6.54 Å². The zero-order chi connectivity index (χ0) is 28.1. The Hall–Kier alpha value is -3.87. The van der Waals surface area contributed by atoms with Crippen molar-refractivity contribution in [2.45, 2.75) is 70.6 Å². The number of carbonyl (C=O) groups excluding carboxylic acids is 3. The van der Waals surface area contributed by atoms with E-state index in [2.05, 4.69) is 20.9 Å². The zero-order valence-corrected chi connectivity index (χ0v) is 21.4. The number of nitrogens with two attached hydrogens (primary N) is 3. The van der Waals surface area contributed by atoms with E-state index in [4.69, 9.17) is 22.3 Å². The number of aromatic hydroxyl groups is 1. The Morgan fingerprint density at radius 2 is 1.49 bits per heavy atom. The van der Waals surface area contributed by atoms with Crippen LogP contribution in [-0.4, -0.2) is 70.6 Å². The fourth-order valence-electron chi connectivity index (χ4n) is 3.38. The molecule has 0 bridgehead atoms. The average Bonchev–Trinajstić information content (AvgIpc) is 2.81. The molecule has 0 aliphatic carbocycles. The number of phenols is 1. The van der Waals surface area contributed by atoms with Crippen LogP contribution in [0.1, 0.15) is 45.6 Å². The number of amides is 3. The van der Waals surface area contributed by atoms with Gasteiger partial charge in [0.25, 0.3) is 0 Å². The zero-order valence-electron chi connectivity index (χ0n) is 21.4. The number of hydrogen-bond donors (Lipinski definition) is 8. The molecule has 4 unspecified atom stereocenters. The predicted molar refractivity (Wildman–Crippen MR) is 138 cm³/mol. The second-order valence-electron chi connectivity index (χ2n) is 9.25. The third-order valence-electron chi connectivity index (χ3n) is 5.38. The summed E-state index contributed by atoms with van der Waals surface area (Å²) in [6, 6.07) is 2.06. The third-order valence-corrected chi connectivity index (χ3v) is 5.38. The number of carboxylic acids is 1. The van der Waals surface area contributed by atoms with Gasteiger partial charge in [-0.05, 0) is 56.2 Å². The van der Waals surface area contributed by atoms with E-state index in [-0.39, 0.29) is 43.4 Å². The minimum Gasteiger partial charge on any atom is -0.508 e. The van der Waals surface area contributed by atoms with E-state index >= 15 is 0 Å². The third kappa shape index (κ3) is 12.1. The normalized spacial score (nSPS) is 14.1. The number of benzene rings is 1. The smallest absolute Gasteiger partial charge is 0.325 e. The quantitative estimate of drug-likeness (QED) is 0.0794. The lowest BCUT2D eigenvalue weighted by Crippen LogP contribution is -2.57. The summed E-state index contributed by atoms with van der Waals surface area (Å²) in [6.45, 7) is 5.25. The van der Waals surface area contributed by atoms with Gasteiger partial charge in [-0.25, -0.2) is 0 Å². The monoisotopic (exact) mass is 521 g/mol. The molecular weight excluding hydrogens is 482 g/mol. The van der Waals surface area contributed by atoms with E-state index < -0.39 is 47.9 Å². The van der Waals surface area contributed by atoms with Crippen molar-refractivity contribution in [3.8, 4) is 5.75 Å². The molecule has 0 saturated heterocycles. The van der Waals surface area contributed by atoms with Gasteiger partial charge in [-0.15, -0.1) is 0 Å². The Balaban J connectivity index is 2.94. The van der Waals surface area contributed by atoms with Gasteiger partial charge in [-0.2, -0.15) is 0 Å². The van der Waals surface area contributed by atoms with Crippen molar-refractivity contribution < 1.29 is 29.4 Å². The highest BCUT2D eigenvalue weighted by molar-refractivity contribution is 5.94. The van der Waals surface area contributed by atoms with Crippen molar-refractivity contribution in [3.05, 3.63) is 29.8 Å². The number of aliphatic carboxylic acids is 1. The maximum Gasteiger partial charge on any atom is 0.325 e. The van der Waals surface area contributed by atoms with Crippen molar-refractivity contribution in [1.29, 1.82) is 0 Å². The summed E-state index contributed by atoms with van der Waals surface area (Å²) in [6.07, 6.45) is 0.919. The summed E-state index contributed by atoms with van der Waals surface area (Å²) in [5.41, 5.74) is 17.4. The van der Waals surface area contributed by atoms with Crippen LogP contribution in [-0.2, 0) is 25.6 Å². The fourth-order valence-corrected chi connectivity index (χ4v) is 3.38. The lowest BCUT2D eigenvalue weighted by molar-refractivity contribution is -0.141. The molecule has 206 valence electrons. The van der Waals surface area contributed by atoms with Crippen LogP contribution in [0.2, 0.25) is 0 Å². The number of nitrogens with zero attached hydrogens (tertiary/aromatic N) is 1. The minimum absolute atomic E-state index is 0.0190. The summed E-state index contributed by atoms with van der Waals surface area (Å²) < 4.78 is 0. The number of hydrogen-bond acceptors (Lipinski definition) is 7. The van der Waals surface area contributed by atoms with E-state index in [9.17, 15) is 24.3 Å². The van der Waals surface area contributed by atoms with Gasteiger partial charge in [0.05, 0.1) is 6.04 Å². The summed E-state index contributed by atoms with van der Waals surface area (Å²) in [7, 11) is 0. The topological polar surface area (TPSA) is 235 Å². The van der Waals surface area contributed by atoms with Crippen LogP contribution in [0.25, 0.3) is 0 Å². The van der Waals surface area contributed by atoms with E-state index in [1.807, 2.05) is 13.8 Å². The number of rotatable bonds is 15. The lowest BCUT2D eigenvalue weighted by atomic mass is 10.0. The number of phenolic OH excluding ortho intramolecular Hbond substituents is 1. The van der Waals surface area contributed by atoms with E-state index in [0.29, 0.717) is 6.42 Å². The number of aliphatic imine (C=N–C) groups is 1. The predicted octanol–water partition coefficient (Wildman–Crippen LogP) is -1.08. The maximum atomic E-state index is 13.1. The SMILES string of the molecule is CC(C)CC(NC(=O)C(N)Cc1ccc(O)cc1)C(=O)NC(CCCN=C(N)N)C(=O)NC(C)C(=O)O. The minimum atomic E-state index is -1.23. The molecule has 1 rings (SSSR count). The van der Waals surface area contributed by atoms with Crippen LogP contribution in [0.15, 0.2) is 29.3 Å². The van der Waals surface area contributed by atoms with Crippen molar-refractivity contribution in [3.63, 3.8) is 0 Å². The summed E-state index contributed by atoms with van der Waals surface area (Å²) in [4.78, 5) is 53.7. The van der Waals surface area contributed by atoms with E-state index in [1.165, 1.54) is 19.1 Å². The van der Waals surface area contributed by atoms with Crippen molar-refractivity contribution in [1.82, 2.24) is 16.0 Å². The number of guanidine groups is 1. The Labute approximate surface area is 216 Å². The summed E-state index contributed by atoms with van der Waals surface area (Å²) in [5, 5.41) is 26.1. The molecule has 0 aromatic heterocycles. The van der Waals surface area contributed by atoms with Gasteiger partial charge in [-0.3, -0.25) is 24.2 Å². The van der Waals surface area contributed by atoms with Crippen molar-refractivity contribution in [2.75, 3.05) is 6.54 Å². The van der Waals surface area contributed by atoms with Crippen LogP contribution < -0.4 is 33.2 Å². The first kappa shape index (κ1) is 31.2. The fraction of sp³-hybridized carbons (Fsp3) is 0.542. The molecule has 11 N–H and O–H groups in total. The largest absolute Gasteiger partial charge is 0.508 e. The molecule has 4 atom stereocenters.